The second kappa shape index (κ2) is 7.57. The predicted octanol–water partition coefficient (Wildman–Crippen LogP) is 1.11. The van der Waals surface area contributed by atoms with Gasteiger partial charge in [-0.3, -0.25) is 0 Å². The van der Waals surface area contributed by atoms with E-state index < -0.39 is 10.0 Å². The van der Waals surface area contributed by atoms with Crippen molar-refractivity contribution >= 4 is 10.0 Å². The summed E-state index contributed by atoms with van der Waals surface area (Å²) in [6, 6.07) is 0. The first-order valence-electron chi connectivity index (χ1n) is 7.08. The van der Waals surface area contributed by atoms with Gasteiger partial charge in [0, 0.05) is 6.54 Å². The van der Waals surface area contributed by atoms with Crippen molar-refractivity contribution in [3.63, 3.8) is 0 Å². The molecule has 0 radical (unpaired) electrons. The Kier molecular flexibility index (Phi) is 6.73. The molecule has 0 atom stereocenters. The normalized spacial score (nSPS) is 18.7. The molecule has 1 heterocycles. The SMILES string of the molecule is CC(C)(C)CCS(=O)(=O)NCCOC1CCNCC1. The molecule has 0 unspecified atom stereocenters. The Hall–Kier alpha value is -0.170. The molecule has 1 fully saturated rings. The molecule has 1 saturated heterocycles. The van der Waals surface area contributed by atoms with Gasteiger partial charge in [-0.1, -0.05) is 20.8 Å². The lowest BCUT2D eigenvalue weighted by Crippen LogP contribution is -2.35. The molecule has 0 spiro atoms. The van der Waals surface area contributed by atoms with E-state index >= 15 is 0 Å². The molecule has 6 heteroatoms. The quantitative estimate of drug-likeness (QED) is 0.690. The van der Waals surface area contributed by atoms with Crippen molar-refractivity contribution in [1.82, 2.24) is 10.0 Å². The van der Waals surface area contributed by atoms with Gasteiger partial charge in [0.25, 0.3) is 0 Å². The standard InChI is InChI=1S/C13H28N2O3S/c1-13(2,3)6-11-19(16,17)15-9-10-18-12-4-7-14-8-5-12/h12,14-15H,4-11H2,1-3H3. The van der Waals surface area contributed by atoms with Crippen LogP contribution in [0.15, 0.2) is 0 Å². The maximum Gasteiger partial charge on any atom is 0.211 e. The molecular formula is C13H28N2O3S. The van der Waals surface area contributed by atoms with E-state index in [-0.39, 0.29) is 17.3 Å². The Morgan fingerprint density at radius 3 is 2.47 bits per heavy atom. The minimum atomic E-state index is -3.16. The van der Waals surface area contributed by atoms with Crippen molar-refractivity contribution in [1.29, 1.82) is 0 Å². The van der Waals surface area contributed by atoms with Crippen LogP contribution in [0.25, 0.3) is 0 Å². The van der Waals surface area contributed by atoms with Crippen molar-refractivity contribution in [2.24, 2.45) is 5.41 Å². The maximum absolute atomic E-state index is 11.8. The largest absolute Gasteiger partial charge is 0.377 e. The van der Waals surface area contributed by atoms with Gasteiger partial charge in [0.05, 0.1) is 18.5 Å². The van der Waals surface area contributed by atoms with Gasteiger partial charge >= 0.3 is 0 Å². The number of piperidine rings is 1. The number of ether oxygens (including phenoxy) is 1. The number of hydrogen-bond donors (Lipinski definition) is 2. The fraction of sp³-hybridized carbons (Fsp3) is 1.00. The number of rotatable bonds is 7. The molecule has 0 amide bonds. The summed E-state index contributed by atoms with van der Waals surface area (Å²) in [7, 11) is -3.16. The zero-order chi connectivity index (χ0) is 14.4. The van der Waals surface area contributed by atoms with E-state index in [0.717, 1.165) is 25.9 Å². The summed E-state index contributed by atoms with van der Waals surface area (Å²) in [5.74, 6) is 0.184. The van der Waals surface area contributed by atoms with Crippen molar-refractivity contribution in [2.75, 3.05) is 32.0 Å². The average Bonchev–Trinajstić information content (AvgIpc) is 2.33. The topological polar surface area (TPSA) is 67.4 Å². The highest BCUT2D eigenvalue weighted by molar-refractivity contribution is 7.89. The highest BCUT2D eigenvalue weighted by Crippen LogP contribution is 2.18. The lowest BCUT2D eigenvalue weighted by Gasteiger charge is -2.23. The molecule has 0 aromatic rings. The Balaban J connectivity index is 2.13. The Bertz CT molecular complexity index is 343. The number of nitrogens with one attached hydrogen (secondary N) is 2. The second-order valence-corrected chi connectivity index (χ2v) is 8.27. The Labute approximate surface area is 117 Å². The first kappa shape index (κ1) is 16.9. The summed E-state index contributed by atoms with van der Waals surface area (Å²) in [6.07, 6.45) is 2.96. The molecule has 19 heavy (non-hydrogen) atoms. The van der Waals surface area contributed by atoms with E-state index in [0.29, 0.717) is 19.6 Å². The zero-order valence-corrected chi connectivity index (χ0v) is 13.2. The lowest BCUT2D eigenvalue weighted by atomic mass is 9.94. The van der Waals surface area contributed by atoms with E-state index in [1.165, 1.54) is 0 Å². The van der Waals surface area contributed by atoms with Gasteiger partial charge in [0.15, 0.2) is 0 Å². The molecule has 1 rings (SSSR count). The second-order valence-electron chi connectivity index (χ2n) is 6.34. The van der Waals surface area contributed by atoms with Crippen LogP contribution in [0.1, 0.15) is 40.0 Å². The van der Waals surface area contributed by atoms with E-state index in [1.807, 2.05) is 20.8 Å². The minimum Gasteiger partial charge on any atom is -0.377 e. The van der Waals surface area contributed by atoms with E-state index in [1.54, 1.807) is 0 Å². The highest BCUT2D eigenvalue weighted by Gasteiger charge is 2.17. The Morgan fingerprint density at radius 2 is 1.89 bits per heavy atom. The number of sulfonamides is 1. The molecular weight excluding hydrogens is 264 g/mol. The highest BCUT2D eigenvalue weighted by atomic mass is 32.2. The van der Waals surface area contributed by atoms with Crippen molar-refractivity contribution in [3.8, 4) is 0 Å². The van der Waals surface area contributed by atoms with Gasteiger partial charge in [-0.15, -0.1) is 0 Å². The predicted molar refractivity (Wildman–Crippen MR) is 77.7 cm³/mol. The van der Waals surface area contributed by atoms with Crippen LogP contribution in [0.3, 0.4) is 0 Å². The lowest BCUT2D eigenvalue weighted by molar-refractivity contribution is 0.0367. The summed E-state index contributed by atoms with van der Waals surface area (Å²) >= 11 is 0. The molecule has 0 bridgehead atoms. The van der Waals surface area contributed by atoms with Crippen LogP contribution in [-0.4, -0.2) is 46.5 Å². The van der Waals surface area contributed by atoms with E-state index in [9.17, 15) is 8.42 Å². The van der Waals surface area contributed by atoms with Crippen molar-refractivity contribution in [3.05, 3.63) is 0 Å². The smallest absolute Gasteiger partial charge is 0.211 e. The van der Waals surface area contributed by atoms with E-state index in [2.05, 4.69) is 10.0 Å². The van der Waals surface area contributed by atoms with Crippen molar-refractivity contribution < 1.29 is 13.2 Å². The summed E-state index contributed by atoms with van der Waals surface area (Å²) in [6.45, 7) is 8.94. The van der Waals surface area contributed by atoms with Crippen LogP contribution in [0, 0.1) is 5.41 Å². The molecule has 0 aromatic carbocycles. The van der Waals surface area contributed by atoms with Gasteiger partial charge < -0.3 is 10.1 Å². The third-order valence-corrected chi connectivity index (χ3v) is 4.57. The summed E-state index contributed by atoms with van der Waals surface area (Å²) in [4.78, 5) is 0. The van der Waals surface area contributed by atoms with Crippen LogP contribution >= 0.6 is 0 Å². The van der Waals surface area contributed by atoms with Gasteiger partial charge in [-0.2, -0.15) is 0 Å². The zero-order valence-electron chi connectivity index (χ0n) is 12.4. The molecule has 2 N–H and O–H groups in total. The van der Waals surface area contributed by atoms with Gasteiger partial charge in [0.1, 0.15) is 0 Å². The molecule has 0 aliphatic carbocycles. The van der Waals surface area contributed by atoms with Gasteiger partial charge in [0.2, 0.25) is 10.0 Å². The van der Waals surface area contributed by atoms with Crippen LogP contribution in [0.2, 0.25) is 0 Å². The maximum atomic E-state index is 11.8. The van der Waals surface area contributed by atoms with Crippen molar-refractivity contribution in [2.45, 2.75) is 46.1 Å². The third kappa shape index (κ3) is 8.57. The summed E-state index contributed by atoms with van der Waals surface area (Å²) < 4.78 is 31.8. The third-order valence-electron chi connectivity index (χ3n) is 3.18. The van der Waals surface area contributed by atoms with Crippen LogP contribution < -0.4 is 10.0 Å². The molecule has 0 saturated carbocycles. The molecule has 1 aliphatic heterocycles. The minimum absolute atomic E-state index is 0.0420. The fourth-order valence-corrected chi connectivity index (χ4v) is 3.32. The Morgan fingerprint density at radius 1 is 1.26 bits per heavy atom. The van der Waals surface area contributed by atoms with Crippen LogP contribution in [-0.2, 0) is 14.8 Å². The number of hydrogen-bond acceptors (Lipinski definition) is 4. The van der Waals surface area contributed by atoms with E-state index in [4.69, 9.17) is 4.74 Å². The monoisotopic (exact) mass is 292 g/mol. The molecule has 0 aromatic heterocycles. The van der Waals surface area contributed by atoms with Crippen LogP contribution in [0.5, 0.6) is 0 Å². The van der Waals surface area contributed by atoms with Gasteiger partial charge in [-0.05, 0) is 37.8 Å². The molecule has 1 aliphatic rings. The molecule has 114 valence electrons. The summed E-state index contributed by atoms with van der Waals surface area (Å²) in [5.41, 5.74) is 0.0420. The summed E-state index contributed by atoms with van der Waals surface area (Å²) in [5, 5.41) is 3.27. The molecule has 5 nitrogen and oxygen atoms in total. The first-order valence-corrected chi connectivity index (χ1v) is 8.73. The van der Waals surface area contributed by atoms with Crippen LogP contribution in [0.4, 0.5) is 0 Å². The average molecular weight is 292 g/mol. The fourth-order valence-electron chi connectivity index (χ4n) is 1.90. The first-order chi connectivity index (χ1) is 8.79. The van der Waals surface area contributed by atoms with Gasteiger partial charge in [-0.25, -0.2) is 13.1 Å².